The van der Waals surface area contributed by atoms with Crippen LogP contribution >= 0.6 is 0 Å². The second kappa shape index (κ2) is 8.77. The Morgan fingerprint density at radius 1 is 1.43 bits per heavy atom. The van der Waals surface area contributed by atoms with Crippen molar-refractivity contribution >= 4 is 6.03 Å². The number of likely N-dealkylation sites (tertiary alicyclic amines) is 1. The fourth-order valence-electron chi connectivity index (χ4n) is 2.86. The van der Waals surface area contributed by atoms with Crippen molar-refractivity contribution in [1.29, 1.82) is 0 Å². The zero-order valence-corrected chi connectivity index (χ0v) is 14.4. The minimum atomic E-state index is -0.0107. The SMILES string of the molecule is COc1cccc(C2CCCN2C(=O)NCCOCC(C)C)c1. The summed E-state index contributed by atoms with van der Waals surface area (Å²) in [5.41, 5.74) is 1.13. The average Bonchev–Trinajstić information content (AvgIpc) is 3.04. The van der Waals surface area contributed by atoms with E-state index in [4.69, 9.17) is 9.47 Å². The highest BCUT2D eigenvalue weighted by Gasteiger charge is 2.29. The Morgan fingerprint density at radius 2 is 2.26 bits per heavy atom. The van der Waals surface area contributed by atoms with Crippen molar-refractivity contribution < 1.29 is 14.3 Å². The van der Waals surface area contributed by atoms with Gasteiger partial charge in [0.15, 0.2) is 0 Å². The molecule has 5 nitrogen and oxygen atoms in total. The summed E-state index contributed by atoms with van der Waals surface area (Å²) in [5.74, 6) is 1.35. The van der Waals surface area contributed by atoms with Gasteiger partial charge in [0.2, 0.25) is 0 Å². The van der Waals surface area contributed by atoms with E-state index in [0.29, 0.717) is 19.1 Å². The molecule has 0 saturated carbocycles. The second-order valence-corrected chi connectivity index (χ2v) is 6.33. The molecule has 1 aliphatic rings. The minimum absolute atomic E-state index is 0.0107. The fourth-order valence-corrected chi connectivity index (χ4v) is 2.86. The van der Waals surface area contributed by atoms with Crippen LogP contribution in [0.2, 0.25) is 0 Å². The van der Waals surface area contributed by atoms with Crippen LogP contribution in [0.25, 0.3) is 0 Å². The zero-order valence-electron chi connectivity index (χ0n) is 14.4. The first-order valence-corrected chi connectivity index (χ1v) is 8.38. The van der Waals surface area contributed by atoms with E-state index in [0.717, 1.165) is 37.3 Å². The molecule has 2 amide bonds. The molecule has 1 saturated heterocycles. The summed E-state index contributed by atoms with van der Waals surface area (Å²) in [4.78, 5) is 14.3. The van der Waals surface area contributed by atoms with Crippen LogP contribution in [0.1, 0.15) is 38.3 Å². The molecule has 0 bridgehead atoms. The van der Waals surface area contributed by atoms with Gasteiger partial charge in [0.05, 0.1) is 19.8 Å². The predicted molar refractivity (Wildman–Crippen MR) is 90.7 cm³/mol. The molecule has 0 spiro atoms. The molecular weight excluding hydrogens is 292 g/mol. The third-order valence-electron chi connectivity index (χ3n) is 3.97. The first kappa shape index (κ1) is 17.6. The van der Waals surface area contributed by atoms with Crippen LogP contribution in [-0.2, 0) is 4.74 Å². The Hall–Kier alpha value is -1.75. The van der Waals surface area contributed by atoms with Crippen molar-refractivity contribution in [3.05, 3.63) is 29.8 Å². The summed E-state index contributed by atoms with van der Waals surface area (Å²) < 4.78 is 10.8. The highest BCUT2D eigenvalue weighted by Crippen LogP contribution is 2.33. The van der Waals surface area contributed by atoms with Gasteiger partial charge in [0.1, 0.15) is 5.75 Å². The quantitative estimate of drug-likeness (QED) is 0.785. The van der Waals surface area contributed by atoms with E-state index in [1.54, 1.807) is 7.11 Å². The topological polar surface area (TPSA) is 50.8 Å². The lowest BCUT2D eigenvalue weighted by atomic mass is 10.0. The number of benzene rings is 1. The zero-order chi connectivity index (χ0) is 16.7. The lowest BCUT2D eigenvalue weighted by molar-refractivity contribution is 0.110. The number of ether oxygens (including phenoxy) is 2. The van der Waals surface area contributed by atoms with Gasteiger partial charge in [-0.25, -0.2) is 4.79 Å². The molecule has 0 radical (unpaired) electrons. The van der Waals surface area contributed by atoms with Crippen molar-refractivity contribution in [2.75, 3.05) is 33.4 Å². The molecule has 1 atom stereocenters. The van der Waals surface area contributed by atoms with Gasteiger partial charge >= 0.3 is 6.03 Å². The number of rotatable bonds is 7. The van der Waals surface area contributed by atoms with Gasteiger partial charge in [0, 0.05) is 19.7 Å². The largest absolute Gasteiger partial charge is 0.497 e. The Balaban J connectivity index is 1.86. The third-order valence-corrected chi connectivity index (χ3v) is 3.97. The summed E-state index contributed by atoms with van der Waals surface area (Å²) in [6, 6.07) is 8.09. The van der Waals surface area contributed by atoms with Gasteiger partial charge in [-0.3, -0.25) is 0 Å². The number of urea groups is 1. The van der Waals surface area contributed by atoms with E-state index < -0.39 is 0 Å². The first-order chi connectivity index (χ1) is 11.1. The van der Waals surface area contributed by atoms with Crippen LogP contribution in [0.3, 0.4) is 0 Å². The van der Waals surface area contributed by atoms with Gasteiger partial charge in [0.25, 0.3) is 0 Å². The summed E-state index contributed by atoms with van der Waals surface area (Å²) in [6.45, 7) is 6.85. The minimum Gasteiger partial charge on any atom is -0.497 e. The molecule has 1 fully saturated rings. The van der Waals surface area contributed by atoms with Crippen molar-refractivity contribution in [2.24, 2.45) is 5.92 Å². The molecule has 5 heteroatoms. The lowest BCUT2D eigenvalue weighted by Crippen LogP contribution is -2.40. The van der Waals surface area contributed by atoms with Crippen LogP contribution in [0.15, 0.2) is 24.3 Å². The highest BCUT2D eigenvalue weighted by atomic mass is 16.5. The van der Waals surface area contributed by atoms with E-state index in [2.05, 4.69) is 25.2 Å². The van der Waals surface area contributed by atoms with E-state index in [9.17, 15) is 4.79 Å². The molecule has 23 heavy (non-hydrogen) atoms. The van der Waals surface area contributed by atoms with Gasteiger partial charge in [-0.1, -0.05) is 26.0 Å². The van der Waals surface area contributed by atoms with Crippen molar-refractivity contribution in [3.8, 4) is 5.75 Å². The van der Waals surface area contributed by atoms with Crippen LogP contribution < -0.4 is 10.1 Å². The van der Waals surface area contributed by atoms with E-state index in [1.165, 1.54) is 0 Å². The number of methoxy groups -OCH3 is 1. The van der Waals surface area contributed by atoms with Crippen LogP contribution in [0, 0.1) is 5.92 Å². The highest BCUT2D eigenvalue weighted by molar-refractivity contribution is 5.75. The number of nitrogens with one attached hydrogen (secondary N) is 1. The molecule has 1 aromatic rings. The van der Waals surface area contributed by atoms with Gasteiger partial charge in [-0.15, -0.1) is 0 Å². The molecule has 128 valence electrons. The number of carbonyl (C=O) groups is 1. The Kier molecular flexibility index (Phi) is 6.71. The van der Waals surface area contributed by atoms with Crippen molar-refractivity contribution in [3.63, 3.8) is 0 Å². The summed E-state index contributed by atoms with van der Waals surface area (Å²) >= 11 is 0. The van der Waals surface area contributed by atoms with E-state index in [-0.39, 0.29) is 12.1 Å². The number of hydrogen-bond donors (Lipinski definition) is 1. The van der Waals surface area contributed by atoms with Crippen LogP contribution in [0.4, 0.5) is 4.79 Å². The monoisotopic (exact) mass is 320 g/mol. The Morgan fingerprint density at radius 3 is 3.00 bits per heavy atom. The Labute approximate surface area is 139 Å². The molecule has 0 aliphatic carbocycles. The molecule has 2 rings (SSSR count). The van der Waals surface area contributed by atoms with Gasteiger partial charge in [-0.05, 0) is 36.5 Å². The first-order valence-electron chi connectivity index (χ1n) is 8.38. The molecule has 1 heterocycles. The molecular formula is C18H28N2O3. The number of amides is 2. The fraction of sp³-hybridized carbons (Fsp3) is 0.611. The van der Waals surface area contributed by atoms with Crippen molar-refractivity contribution in [2.45, 2.75) is 32.7 Å². The number of nitrogens with zero attached hydrogens (tertiary/aromatic N) is 1. The molecule has 1 aromatic carbocycles. The molecule has 1 aliphatic heterocycles. The smallest absolute Gasteiger partial charge is 0.317 e. The molecule has 0 aromatic heterocycles. The average molecular weight is 320 g/mol. The molecule has 1 N–H and O–H groups in total. The standard InChI is InChI=1S/C18H28N2O3/c1-14(2)13-23-11-9-19-18(21)20-10-5-8-17(20)15-6-4-7-16(12-15)22-3/h4,6-7,12,14,17H,5,8-11,13H2,1-3H3,(H,19,21). The summed E-state index contributed by atoms with van der Waals surface area (Å²) in [5, 5.41) is 2.96. The van der Waals surface area contributed by atoms with E-state index in [1.807, 2.05) is 23.1 Å². The third kappa shape index (κ3) is 5.13. The normalized spacial score (nSPS) is 17.6. The number of hydrogen-bond acceptors (Lipinski definition) is 3. The second-order valence-electron chi connectivity index (χ2n) is 6.33. The maximum absolute atomic E-state index is 12.4. The summed E-state index contributed by atoms with van der Waals surface area (Å²) in [6.07, 6.45) is 2.02. The van der Waals surface area contributed by atoms with E-state index >= 15 is 0 Å². The van der Waals surface area contributed by atoms with Crippen molar-refractivity contribution in [1.82, 2.24) is 10.2 Å². The maximum Gasteiger partial charge on any atom is 0.317 e. The van der Waals surface area contributed by atoms with Crippen LogP contribution in [0.5, 0.6) is 5.75 Å². The number of carbonyl (C=O) groups excluding carboxylic acids is 1. The maximum atomic E-state index is 12.4. The van der Waals surface area contributed by atoms with Gasteiger partial charge < -0.3 is 19.7 Å². The Bertz CT molecular complexity index is 505. The van der Waals surface area contributed by atoms with Gasteiger partial charge in [-0.2, -0.15) is 0 Å². The lowest BCUT2D eigenvalue weighted by Gasteiger charge is -2.25. The summed E-state index contributed by atoms with van der Waals surface area (Å²) in [7, 11) is 1.66. The molecule has 1 unspecified atom stereocenters. The van der Waals surface area contributed by atoms with Crippen LogP contribution in [-0.4, -0.2) is 44.3 Å². The predicted octanol–water partition coefficient (Wildman–Crippen LogP) is 3.21.